The summed E-state index contributed by atoms with van der Waals surface area (Å²) in [5.74, 6) is 1.12. The third-order valence-electron chi connectivity index (χ3n) is 12.7. The van der Waals surface area contributed by atoms with Gasteiger partial charge in [-0.15, -0.1) is 105 Å². The number of ketones is 3. The largest absolute Gasteiger partial charge is 0.512 e. The van der Waals surface area contributed by atoms with Crippen LogP contribution in [-0.4, -0.2) is 47.6 Å². The Labute approximate surface area is 570 Å². The van der Waals surface area contributed by atoms with Crippen molar-refractivity contribution in [1.29, 1.82) is 0 Å². The maximum absolute atomic E-state index is 10.0. The van der Waals surface area contributed by atoms with E-state index in [0.717, 1.165) is 92.7 Å². The number of benzene rings is 6. The number of rotatable bonds is 12. The molecule has 6 aromatic carbocycles. The zero-order chi connectivity index (χ0) is 63.8. The molecule has 9 nitrogen and oxygen atoms in total. The van der Waals surface area contributed by atoms with Crippen LogP contribution in [0.2, 0.25) is 0 Å². The standard InChI is InChI=1S/2C21H22N.C20H20N.3C5H8O2.3Ir/c1-14(2)9-17-5-6-18-7-8-20(22-21(18)13-17)19-11-15(3)10-16(4)12-19;1-14(2)10-17-6-5-7-21-19(17)8-9-20(22-21)18-12-15(3)11-16(4)13-18;1-4-5-16-6-7-17-8-9-19(21-20(17)13-16)18-11-14(2)10-15(3)12-18;3*1-4(6)3-5(2)7;;;/h5-8,10-11,13-14H,9H2,1-4H3;5-9,11-12,14H,10H2,1-4H3;6-11,13H,4-5H2,1-3H3;3*3,6H,1-2H3;;;/q3*-1;;;;;;. The first kappa shape index (κ1) is 80.1. The molecule has 0 unspecified atom stereocenters. The van der Waals surface area contributed by atoms with E-state index in [1.54, 1.807) is 0 Å². The number of aryl methyl sites for hydroxylation is 7. The number of carbonyl (C=O) groups excluding carboxylic acids is 3. The number of nitrogens with zero attached hydrogens (tertiary/aromatic N) is 3. The second-order valence-corrected chi connectivity index (χ2v) is 23.0. The molecule has 3 aromatic heterocycles. The van der Waals surface area contributed by atoms with Gasteiger partial charge in [0.2, 0.25) is 0 Å². The minimum absolute atomic E-state index is 0. The fourth-order valence-corrected chi connectivity index (χ4v) is 9.64. The van der Waals surface area contributed by atoms with Gasteiger partial charge < -0.3 is 15.3 Å². The Morgan fingerprint density at radius 3 is 1.12 bits per heavy atom. The molecular weight excluding hydrogens is 1640 g/mol. The van der Waals surface area contributed by atoms with Crippen LogP contribution in [0, 0.1) is 71.6 Å². The van der Waals surface area contributed by atoms with Gasteiger partial charge in [-0.05, 0) is 135 Å². The van der Waals surface area contributed by atoms with Crippen molar-refractivity contribution in [2.24, 2.45) is 11.8 Å². The Balaban J connectivity index is 0.000000567. The molecule has 0 fully saturated rings. The van der Waals surface area contributed by atoms with Gasteiger partial charge in [0.05, 0.1) is 33.8 Å². The summed E-state index contributed by atoms with van der Waals surface area (Å²) < 4.78 is 0. The van der Waals surface area contributed by atoms with Gasteiger partial charge in [0.1, 0.15) is 0 Å². The van der Waals surface area contributed by atoms with Gasteiger partial charge in [-0.3, -0.25) is 29.3 Å². The number of aromatic nitrogens is 3. The third-order valence-corrected chi connectivity index (χ3v) is 12.7. The third kappa shape index (κ3) is 29.5. The average molecular weight is 1730 g/mol. The molecule has 3 heterocycles. The molecule has 0 aliphatic rings. The zero-order valence-corrected chi connectivity index (χ0v) is 61.9. The molecule has 3 N–H and O–H groups in total. The van der Waals surface area contributed by atoms with Crippen LogP contribution in [0.25, 0.3) is 66.5 Å². The van der Waals surface area contributed by atoms with E-state index in [9.17, 15) is 14.4 Å². The summed E-state index contributed by atoms with van der Waals surface area (Å²) in [4.78, 5) is 44.6. The molecule has 89 heavy (non-hydrogen) atoms. The number of aliphatic hydroxyl groups is 3. The summed E-state index contributed by atoms with van der Waals surface area (Å²) in [6, 6.07) is 55.6. The van der Waals surface area contributed by atoms with Gasteiger partial charge in [0, 0.05) is 83.9 Å². The number of allylic oxidation sites excluding steroid dienone is 6. The van der Waals surface area contributed by atoms with Crippen molar-refractivity contribution < 1.29 is 90.0 Å². The van der Waals surface area contributed by atoms with E-state index in [0.29, 0.717) is 11.8 Å². The van der Waals surface area contributed by atoms with E-state index >= 15 is 0 Å². The van der Waals surface area contributed by atoms with Crippen LogP contribution in [0.3, 0.4) is 0 Å². The smallest absolute Gasteiger partial charge is 0.155 e. The average Bonchev–Trinajstić information content (AvgIpc) is 1.82. The summed E-state index contributed by atoms with van der Waals surface area (Å²) in [5, 5.41) is 28.7. The molecule has 3 radical (unpaired) electrons. The van der Waals surface area contributed by atoms with Crippen LogP contribution < -0.4 is 0 Å². The van der Waals surface area contributed by atoms with Crippen molar-refractivity contribution in [1.82, 2.24) is 15.0 Å². The number of aliphatic hydroxyl groups excluding tert-OH is 3. The monoisotopic (exact) mass is 1730 g/mol. The molecule has 477 valence electrons. The van der Waals surface area contributed by atoms with Crippen LogP contribution >= 0.6 is 0 Å². The minimum Gasteiger partial charge on any atom is -0.512 e. The fourth-order valence-electron chi connectivity index (χ4n) is 9.64. The van der Waals surface area contributed by atoms with Crippen LogP contribution in [0.4, 0.5) is 0 Å². The molecule has 0 spiro atoms. The van der Waals surface area contributed by atoms with E-state index in [1.165, 1.54) is 109 Å². The van der Waals surface area contributed by atoms with Crippen LogP contribution in [0.5, 0.6) is 0 Å². The molecule has 12 heteroatoms. The van der Waals surface area contributed by atoms with Crippen molar-refractivity contribution in [3.8, 4) is 33.8 Å². The molecule has 0 atom stereocenters. The summed E-state index contributed by atoms with van der Waals surface area (Å²) in [6.07, 6.45) is 7.96. The summed E-state index contributed by atoms with van der Waals surface area (Å²) in [5.41, 5.74) is 20.8. The number of fused-ring (bicyclic) bond motifs is 3. The van der Waals surface area contributed by atoms with Crippen molar-refractivity contribution in [2.45, 2.75) is 143 Å². The first-order valence-corrected chi connectivity index (χ1v) is 29.4. The molecule has 0 saturated heterocycles. The van der Waals surface area contributed by atoms with E-state index in [4.69, 9.17) is 30.3 Å². The van der Waals surface area contributed by atoms with Crippen LogP contribution in [0.15, 0.2) is 163 Å². The number of hydrogen-bond donors (Lipinski definition) is 3. The van der Waals surface area contributed by atoms with Gasteiger partial charge in [0.15, 0.2) is 17.3 Å². The van der Waals surface area contributed by atoms with Crippen LogP contribution in [0.1, 0.15) is 133 Å². The van der Waals surface area contributed by atoms with Gasteiger partial charge in [-0.1, -0.05) is 155 Å². The van der Waals surface area contributed by atoms with Crippen molar-refractivity contribution >= 4 is 50.1 Å². The number of hydrogen-bond acceptors (Lipinski definition) is 9. The van der Waals surface area contributed by atoms with Crippen LogP contribution in [-0.2, 0) is 94.0 Å². The maximum atomic E-state index is 10.0. The van der Waals surface area contributed by atoms with E-state index in [1.807, 2.05) is 0 Å². The SMILES string of the molecule is CC(=O)C=C(C)O.CC(=O)C=C(C)O.CC(=O)C=C(C)O.CCCc1ccc2ccc(-c3[c-]c(C)cc(C)c3)nc2c1.Cc1[c-]c(-c2ccc3c(CC(C)C)cccc3n2)cc(C)c1.Cc1[c-]c(-c2ccc3ccc(CC(C)C)cc3n2)cc(C)c1.[Ir].[Ir].[Ir]. The Morgan fingerprint density at radius 2 is 0.787 bits per heavy atom. The molecule has 0 aliphatic carbocycles. The van der Waals surface area contributed by atoms with Crippen molar-refractivity contribution in [3.63, 3.8) is 0 Å². The van der Waals surface area contributed by atoms with E-state index in [2.05, 4.69) is 222 Å². The normalized spacial score (nSPS) is 10.9. The van der Waals surface area contributed by atoms with Gasteiger partial charge in [-0.2, -0.15) is 0 Å². The van der Waals surface area contributed by atoms with Gasteiger partial charge in [-0.25, -0.2) is 0 Å². The molecular formula is C77H88Ir3N3O6-3. The zero-order valence-electron chi connectivity index (χ0n) is 54.7. The Bertz CT molecular complexity index is 3680. The summed E-state index contributed by atoms with van der Waals surface area (Å²) in [7, 11) is 0. The maximum Gasteiger partial charge on any atom is 0.155 e. The molecule has 9 rings (SSSR count). The molecule has 0 amide bonds. The molecule has 9 aromatic rings. The Hall–Kier alpha value is -6.87. The topological polar surface area (TPSA) is 151 Å². The van der Waals surface area contributed by atoms with E-state index in [-0.39, 0.29) is 94.9 Å². The van der Waals surface area contributed by atoms with E-state index < -0.39 is 0 Å². The second kappa shape index (κ2) is 40.0. The first-order valence-electron chi connectivity index (χ1n) is 29.4. The van der Waals surface area contributed by atoms with Crippen molar-refractivity contribution in [2.75, 3.05) is 0 Å². The Kier molecular flexibility index (Phi) is 36.0. The van der Waals surface area contributed by atoms with Crippen molar-refractivity contribution in [3.05, 3.63) is 231 Å². The predicted octanol–water partition coefficient (Wildman–Crippen LogP) is 19.4. The fraction of sp³-hybridized carbons (Fsp3) is 0.299. The molecule has 0 aliphatic heterocycles. The number of pyridine rings is 3. The summed E-state index contributed by atoms with van der Waals surface area (Å²) in [6.45, 7) is 32.4. The quantitative estimate of drug-likeness (QED) is 0.0617. The number of carbonyl (C=O) groups is 3. The van der Waals surface area contributed by atoms with Gasteiger partial charge in [0.25, 0.3) is 0 Å². The Morgan fingerprint density at radius 1 is 0.438 bits per heavy atom. The predicted molar refractivity (Wildman–Crippen MR) is 359 cm³/mol. The van der Waals surface area contributed by atoms with Gasteiger partial charge >= 0.3 is 0 Å². The second-order valence-electron chi connectivity index (χ2n) is 23.0. The summed E-state index contributed by atoms with van der Waals surface area (Å²) >= 11 is 0. The minimum atomic E-state index is -0.125. The molecule has 0 saturated carbocycles. The molecule has 0 bridgehead atoms. The first-order chi connectivity index (χ1) is 40.6.